The number of nitrogens with zero attached hydrogens (tertiary/aromatic N) is 3. The van der Waals surface area contributed by atoms with Crippen molar-refractivity contribution in [1.82, 2.24) is 14.8 Å². The average Bonchev–Trinajstić information content (AvgIpc) is 2.94. The number of amides is 1. The average molecular weight is 276 g/mol. The third-order valence-corrected chi connectivity index (χ3v) is 3.39. The van der Waals surface area contributed by atoms with Crippen molar-refractivity contribution in [2.45, 2.75) is 18.7 Å². The third-order valence-electron chi connectivity index (χ3n) is 2.79. The Morgan fingerprint density at radius 1 is 1.47 bits per heavy atom. The molecule has 0 unspecified atom stereocenters. The summed E-state index contributed by atoms with van der Waals surface area (Å²) >= 11 is 1.72. The zero-order valence-electron chi connectivity index (χ0n) is 10.9. The van der Waals surface area contributed by atoms with Crippen molar-refractivity contribution in [3.63, 3.8) is 0 Å². The first-order valence-electron chi connectivity index (χ1n) is 5.94. The number of anilines is 1. The molecule has 0 aliphatic carbocycles. The highest BCUT2D eigenvalue weighted by molar-refractivity contribution is 7.97. The highest BCUT2D eigenvalue weighted by atomic mass is 32.2. The zero-order valence-corrected chi connectivity index (χ0v) is 11.7. The van der Waals surface area contributed by atoms with E-state index in [1.54, 1.807) is 18.7 Å². The first-order valence-corrected chi connectivity index (χ1v) is 7.33. The van der Waals surface area contributed by atoms with Crippen molar-refractivity contribution in [3.05, 3.63) is 42.5 Å². The van der Waals surface area contributed by atoms with Crippen LogP contribution in [-0.2, 0) is 10.5 Å². The van der Waals surface area contributed by atoms with Crippen LogP contribution in [0.25, 0.3) is 0 Å². The lowest BCUT2D eigenvalue weighted by atomic mass is 10.2. The van der Waals surface area contributed by atoms with E-state index >= 15 is 0 Å². The topological polar surface area (TPSA) is 59.8 Å². The zero-order chi connectivity index (χ0) is 13.7. The monoisotopic (exact) mass is 276 g/mol. The lowest BCUT2D eigenvalue weighted by Crippen LogP contribution is -2.24. The largest absolute Gasteiger partial charge is 0.324 e. The Labute approximate surface area is 116 Å². The molecule has 0 radical (unpaired) electrons. The molecular weight excluding hydrogens is 260 g/mol. The fourth-order valence-corrected chi connectivity index (χ4v) is 2.26. The highest BCUT2D eigenvalue weighted by Gasteiger charge is 2.16. The van der Waals surface area contributed by atoms with Gasteiger partial charge in [0.1, 0.15) is 18.7 Å². The van der Waals surface area contributed by atoms with E-state index in [1.807, 2.05) is 30.5 Å². The van der Waals surface area contributed by atoms with Crippen LogP contribution in [0.5, 0.6) is 0 Å². The molecule has 5 nitrogen and oxygen atoms in total. The van der Waals surface area contributed by atoms with Crippen LogP contribution in [0.2, 0.25) is 0 Å². The lowest BCUT2D eigenvalue weighted by Gasteiger charge is -2.14. The molecule has 0 aliphatic rings. The van der Waals surface area contributed by atoms with Crippen LogP contribution < -0.4 is 5.32 Å². The quantitative estimate of drug-likeness (QED) is 0.910. The summed E-state index contributed by atoms with van der Waals surface area (Å²) in [4.78, 5) is 16.0. The molecule has 100 valence electrons. The van der Waals surface area contributed by atoms with Crippen molar-refractivity contribution in [1.29, 1.82) is 0 Å². The first kappa shape index (κ1) is 13.6. The van der Waals surface area contributed by atoms with E-state index in [0.29, 0.717) is 0 Å². The van der Waals surface area contributed by atoms with Crippen LogP contribution in [0, 0.1) is 0 Å². The predicted octanol–water partition coefficient (Wildman–Crippen LogP) is 2.34. The van der Waals surface area contributed by atoms with E-state index in [-0.39, 0.29) is 11.9 Å². The van der Waals surface area contributed by atoms with Gasteiger partial charge in [0.25, 0.3) is 0 Å². The van der Waals surface area contributed by atoms with Crippen LogP contribution in [0.4, 0.5) is 5.69 Å². The molecule has 2 aromatic rings. The SMILES string of the molecule is CSCc1ccccc1NC(=O)[C@@H](C)n1cncn1. The molecule has 0 spiro atoms. The van der Waals surface area contributed by atoms with E-state index in [4.69, 9.17) is 0 Å². The van der Waals surface area contributed by atoms with Gasteiger partial charge < -0.3 is 5.32 Å². The number of nitrogens with one attached hydrogen (secondary N) is 1. The summed E-state index contributed by atoms with van der Waals surface area (Å²) in [7, 11) is 0. The fourth-order valence-electron chi connectivity index (χ4n) is 1.70. The summed E-state index contributed by atoms with van der Waals surface area (Å²) in [6.07, 6.45) is 5.00. The number of carbonyl (C=O) groups is 1. The van der Waals surface area contributed by atoms with Gasteiger partial charge >= 0.3 is 0 Å². The summed E-state index contributed by atoms with van der Waals surface area (Å²) in [6.45, 7) is 1.79. The van der Waals surface area contributed by atoms with Crippen molar-refractivity contribution < 1.29 is 4.79 Å². The van der Waals surface area contributed by atoms with Gasteiger partial charge in [-0.15, -0.1) is 0 Å². The van der Waals surface area contributed by atoms with E-state index in [9.17, 15) is 4.79 Å². The molecule has 1 atom stereocenters. The van der Waals surface area contributed by atoms with Crippen LogP contribution in [0.1, 0.15) is 18.5 Å². The number of aromatic nitrogens is 3. The molecule has 1 N–H and O–H groups in total. The molecule has 0 saturated carbocycles. The van der Waals surface area contributed by atoms with Crippen LogP contribution >= 0.6 is 11.8 Å². The van der Waals surface area contributed by atoms with Crippen molar-refractivity contribution in [2.75, 3.05) is 11.6 Å². The molecule has 2 rings (SSSR count). The fraction of sp³-hybridized carbons (Fsp3) is 0.308. The number of hydrogen-bond acceptors (Lipinski definition) is 4. The van der Waals surface area contributed by atoms with Crippen LogP contribution in [0.3, 0.4) is 0 Å². The van der Waals surface area contributed by atoms with Gasteiger partial charge in [0.2, 0.25) is 5.91 Å². The minimum absolute atomic E-state index is 0.0981. The molecule has 0 bridgehead atoms. The Morgan fingerprint density at radius 3 is 2.95 bits per heavy atom. The standard InChI is InChI=1S/C13H16N4OS/c1-10(17-9-14-8-15-17)13(18)16-12-6-4-3-5-11(12)7-19-2/h3-6,8-10H,7H2,1-2H3,(H,16,18)/t10-/m1/s1. The molecule has 1 amide bonds. The minimum atomic E-state index is -0.384. The predicted molar refractivity (Wildman–Crippen MR) is 77.0 cm³/mol. The number of para-hydroxylation sites is 1. The van der Waals surface area contributed by atoms with Crippen LogP contribution in [0.15, 0.2) is 36.9 Å². The van der Waals surface area contributed by atoms with Gasteiger partial charge in [-0.1, -0.05) is 18.2 Å². The molecule has 1 aromatic heterocycles. The number of benzene rings is 1. The normalized spacial score (nSPS) is 12.1. The number of carbonyl (C=O) groups excluding carboxylic acids is 1. The molecule has 0 saturated heterocycles. The molecule has 0 aliphatic heterocycles. The molecule has 6 heteroatoms. The summed E-state index contributed by atoms with van der Waals surface area (Å²) in [5.74, 6) is 0.771. The number of rotatable bonds is 5. The Bertz CT molecular complexity index is 541. The van der Waals surface area contributed by atoms with Gasteiger partial charge in [-0.2, -0.15) is 16.9 Å². The number of thioether (sulfide) groups is 1. The Balaban J connectivity index is 2.10. The van der Waals surface area contributed by atoms with Crippen LogP contribution in [-0.4, -0.2) is 26.9 Å². The van der Waals surface area contributed by atoms with E-state index < -0.39 is 0 Å². The van der Waals surface area contributed by atoms with Gasteiger partial charge in [-0.25, -0.2) is 9.67 Å². The molecule has 0 fully saturated rings. The van der Waals surface area contributed by atoms with Gasteiger partial charge in [-0.3, -0.25) is 4.79 Å². The van der Waals surface area contributed by atoms with Crippen molar-refractivity contribution in [3.8, 4) is 0 Å². The molecule has 1 heterocycles. The maximum atomic E-state index is 12.2. The van der Waals surface area contributed by atoms with Crippen molar-refractivity contribution >= 4 is 23.4 Å². The maximum absolute atomic E-state index is 12.2. The van der Waals surface area contributed by atoms with Gasteiger partial charge in [0, 0.05) is 11.4 Å². The van der Waals surface area contributed by atoms with Gasteiger partial charge in [-0.05, 0) is 24.8 Å². The van der Waals surface area contributed by atoms with E-state index in [1.165, 1.54) is 17.3 Å². The van der Waals surface area contributed by atoms with Crippen molar-refractivity contribution in [2.24, 2.45) is 0 Å². The van der Waals surface area contributed by atoms with E-state index in [2.05, 4.69) is 15.4 Å². The Hall–Kier alpha value is -1.82. The molecule has 1 aromatic carbocycles. The van der Waals surface area contributed by atoms with Gasteiger partial charge in [0.05, 0.1) is 0 Å². The number of hydrogen-bond donors (Lipinski definition) is 1. The molecular formula is C13H16N4OS. The summed E-state index contributed by atoms with van der Waals surface area (Å²) in [5, 5.41) is 6.92. The van der Waals surface area contributed by atoms with Gasteiger partial charge in [0.15, 0.2) is 0 Å². The summed E-state index contributed by atoms with van der Waals surface area (Å²) in [6, 6.07) is 7.44. The second kappa shape index (κ2) is 6.38. The Kier molecular flexibility index (Phi) is 4.57. The second-order valence-electron chi connectivity index (χ2n) is 4.13. The minimum Gasteiger partial charge on any atom is -0.324 e. The van der Waals surface area contributed by atoms with E-state index in [0.717, 1.165) is 17.0 Å². The molecule has 19 heavy (non-hydrogen) atoms. The lowest BCUT2D eigenvalue weighted by molar-refractivity contribution is -0.119. The maximum Gasteiger partial charge on any atom is 0.249 e. The third kappa shape index (κ3) is 3.35. The summed E-state index contributed by atoms with van der Waals surface area (Å²) in [5.41, 5.74) is 1.97. The first-order chi connectivity index (χ1) is 9.22. The smallest absolute Gasteiger partial charge is 0.249 e. The summed E-state index contributed by atoms with van der Waals surface area (Å²) < 4.78 is 1.53. The second-order valence-corrected chi connectivity index (χ2v) is 5.00. The Morgan fingerprint density at radius 2 is 2.26 bits per heavy atom. The highest BCUT2D eigenvalue weighted by Crippen LogP contribution is 2.20.